The fourth-order valence-corrected chi connectivity index (χ4v) is 2.54. The molecule has 4 N–H and O–H groups in total. The number of benzene rings is 1. The summed E-state index contributed by atoms with van der Waals surface area (Å²) in [7, 11) is 1.49. The third-order valence-electron chi connectivity index (χ3n) is 3.94. The summed E-state index contributed by atoms with van der Waals surface area (Å²) in [6.45, 7) is 1.65. The second-order valence-corrected chi connectivity index (χ2v) is 5.66. The van der Waals surface area contributed by atoms with Crippen LogP contribution in [0.3, 0.4) is 0 Å². The quantitative estimate of drug-likeness (QED) is 0.373. The van der Waals surface area contributed by atoms with Gasteiger partial charge < -0.3 is 14.8 Å². The Labute approximate surface area is 147 Å². The highest BCUT2D eigenvalue weighted by Crippen LogP contribution is 2.16. The minimum absolute atomic E-state index is 0.105. The van der Waals surface area contributed by atoms with Gasteiger partial charge in [0.15, 0.2) is 11.2 Å². The van der Waals surface area contributed by atoms with Gasteiger partial charge in [-0.05, 0) is 36.8 Å². The van der Waals surface area contributed by atoms with Crippen molar-refractivity contribution in [2.24, 2.45) is 12.1 Å². The Bertz CT molecular complexity index is 1090. The molecule has 0 saturated heterocycles. The van der Waals surface area contributed by atoms with E-state index in [1.165, 1.54) is 16.2 Å². The summed E-state index contributed by atoms with van der Waals surface area (Å²) in [5.41, 5.74) is 3.37. The van der Waals surface area contributed by atoms with E-state index in [1.54, 1.807) is 31.2 Å². The Morgan fingerprint density at radius 3 is 2.65 bits per heavy atom. The van der Waals surface area contributed by atoms with Crippen LogP contribution in [0.1, 0.15) is 12.5 Å². The number of imidazole rings is 1. The number of nitrogens with zero attached hydrogens (tertiary/aromatic N) is 4. The van der Waals surface area contributed by atoms with E-state index < -0.39 is 11.2 Å². The van der Waals surface area contributed by atoms with Crippen molar-refractivity contribution in [1.82, 2.24) is 19.1 Å². The van der Waals surface area contributed by atoms with E-state index in [9.17, 15) is 19.8 Å². The van der Waals surface area contributed by atoms with E-state index in [0.717, 1.165) is 5.56 Å². The number of hydrogen-bond acceptors (Lipinski definition) is 7. The lowest BCUT2D eigenvalue weighted by molar-refractivity contribution is 0.278. The van der Waals surface area contributed by atoms with E-state index in [1.807, 2.05) is 0 Å². The third kappa shape index (κ3) is 3.09. The molecular formula is C16H18N6O4. The number of aliphatic hydroxyl groups is 1. The van der Waals surface area contributed by atoms with E-state index in [0.29, 0.717) is 5.71 Å². The van der Waals surface area contributed by atoms with Gasteiger partial charge in [0.25, 0.3) is 5.56 Å². The monoisotopic (exact) mass is 358 g/mol. The summed E-state index contributed by atoms with van der Waals surface area (Å²) in [5, 5.41) is 22.9. The highest BCUT2D eigenvalue weighted by atomic mass is 16.3. The van der Waals surface area contributed by atoms with Gasteiger partial charge in [-0.15, -0.1) is 0 Å². The number of aromatic amines is 1. The standard InChI is InChI=1S/C16H18N6O4/c1-9(10-3-5-11(24)6-4-10)19-20-15-17-13-12(22(15)7-8-23)14(25)18-16(26)21(13)2/h3-6,23-24H,7-8H2,1-2H3,(H,17,20)(H,18,25,26)/b19-9-. The van der Waals surface area contributed by atoms with Crippen LogP contribution in [0.2, 0.25) is 0 Å². The number of H-pyrrole nitrogens is 1. The van der Waals surface area contributed by atoms with Crippen LogP contribution in [-0.2, 0) is 13.6 Å². The first kappa shape index (κ1) is 17.4. The lowest BCUT2D eigenvalue weighted by Gasteiger charge is -2.07. The average molecular weight is 358 g/mol. The van der Waals surface area contributed by atoms with E-state index in [2.05, 4.69) is 20.5 Å². The number of aliphatic hydroxyl groups excluding tert-OH is 1. The smallest absolute Gasteiger partial charge is 0.329 e. The van der Waals surface area contributed by atoms with Gasteiger partial charge in [0, 0.05) is 13.6 Å². The molecule has 0 radical (unpaired) electrons. The molecule has 136 valence electrons. The highest BCUT2D eigenvalue weighted by Gasteiger charge is 2.16. The zero-order valence-corrected chi connectivity index (χ0v) is 14.2. The molecule has 2 heterocycles. The summed E-state index contributed by atoms with van der Waals surface area (Å²) in [4.78, 5) is 30.4. The molecule has 0 amide bonds. The summed E-state index contributed by atoms with van der Waals surface area (Å²) in [6, 6.07) is 6.51. The number of aromatic hydroxyl groups is 1. The Balaban J connectivity index is 2.05. The summed E-state index contributed by atoms with van der Waals surface area (Å²) < 4.78 is 2.67. The predicted octanol–water partition coefficient (Wildman–Crippen LogP) is -0.0427. The van der Waals surface area contributed by atoms with Crippen molar-refractivity contribution in [1.29, 1.82) is 0 Å². The molecular weight excluding hydrogens is 340 g/mol. The van der Waals surface area contributed by atoms with Gasteiger partial charge in [0.2, 0.25) is 5.95 Å². The molecule has 0 fully saturated rings. The van der Waals surface area contributed by atoms with Gasteiger partial charge in [-0.25, -0.2) is 10.2 Å². The molecule has 0 aliphatic rings. The van der Waals surface area contributed by atoms with Crippen LogP contribution in [-0.4, -0.2) is 41.6 Å². The van der Waals surface area contributed by atoms with Crippen molar-refractivity contribution in [3.05, 3.63) is 50.7 Å². The maximum atomic E-state index is 12.2. The lowest BCUT2D eigenvalue weighted by Crippen LogP contribution is -2.29. The van der Waals surface area contributed by atoms with E-state index in [4.69, 9.17) is 0 Å². The number of fused-ring (bicyclic) bond motifs is 1. The number of hydrazone groups is 1. The fourth-order valence-electron chi connectivity index (χ4n) is 2.54. The number of phenols is 1. The van der Waals surface area contributed by atoms with E-state index >= 15 is 0 Å². The zero-order valence-electron chi connectivity index (χ0n) is 14.2. The maximum absolute atomic E-state index is 12.2. The molecule has 0 unspecified atom stereocenters. The molecule has 10 heteroatoms. The number of rotatable bonds is 5. The molecule has 26 heavy (non-hydrogen) atoms. The van der Waals surface area contributed by atoms with Crippen molar-refractivity contribution in [3.8, 4) is 5.75 Å². The van der Waals surface area contributed by atoms with E-state index in [-0.39, 0.29) is 36.0 Å². The minimum atomic E-state index is -0.587. The summed E-state index contributed by atoms with van der Waals surface area (Å²) >= 11 is 0. The first-order valence-corrected chi connectivity index (χ1v) is 7.82. The second kappa shape index (κ2) is 6.84. The van der Waals surface area contributed by atoms with Crippen LogP contribution in [0, 0.1) is 0 Å². The van der Waals surface area contributed by atoms with Crippen molar-refractivity contribution in [2.75, 3.05) is 12.0 Å². The van der Waals surface area contributed by atoms with Crippen LogP contribution in [0.25, 0.3) is 11.2 Å². The van der Waals surface area contributed by atoms with Gasteiger partial charge >= 0.3 is 5.69 Å². The molecule has 0 bridgehead atoms. The molecule has 3 aromatic rings. The summed E-state index contributed by atoms with van der Waals surface area (Å²) in [5.74, 6) is 0.373. The molecule has 1 aromatic carbocycles. The number of hydrogen-bond donors (Lipinski definition) is 4. The number of phenolic OH excluding ortho intramolecular Hbond substituents is 1. The summed E-state index contributed by atoms with van der Waals surface area (Å²) in [6.07, 6.45) is 0. The molecule has 3 rings (SSSR count). The third-order valence-corrected chi connectivity index (χ3v) is 3.94. The Morgan fingerprint density at radius 2 is 2.00 bits per heavy atom. The highest BCUT2D eigenvalue weighted by molar-refractivity contribution is 5.99. The minimum Gasteiger partial charge on any atom is -0.508 e. The number of nitrogens with one attached hydrogen (secondary N) is 2. The molecule has 0 atom stereocenters. The first-order valence-electron chi connectivity index (χ1n) is 7.82. The zero-order chi connectivity index (χ0) is 18.8. The van der Waals surface area contributed by atoms with Gasteiger partial charge in [0.05, 0.1) is 12.3 Å². The lowest BCUT2D eigenvalue weighted by atomic mass is 10.1. The maximum Gasteiger partial charge on any atom is 0.329 e. The van der Waals surface area contributed by atoms with Crippen molar-refractivity contribution in [3.63, 3.8) is 0 Å². The van der Waals surface area contributed by atoms with Crippen LogP contribution in [0.4, 0.5) is 5.95 Å². The Morgan fingerprint density at radius 1 is 1.31 bits per heavy atom. The average Bonchev–Trinajstić information content (AvgIpc) is 2.98. The van der Waals surface area contributed by atoms with Crippen LogP contribution in [0.5, 0.6) is 5.75 Å². The molecule has 0 aliphatic carbocycles. The van der Waals surface area contributed by atoms with Gasteiger partial charge in [0.1, 0.15) is 5.75 Å². The first-order chi connectivity index (χ1) is 12.4. The van der Waals surface area contributed by atoms with Crippen molar-refractivity contribution < 1.29 is 10.2 Å². The van der Waals surface area contributed by atoms with Gasteiger partial charge in [-0.3, -0.25) is 14.3 Å². The normalized spacial score (nSPS) is 11.9. The molecule has 2 aromatic heterocycles. The SMILES string of the molecule is C/C(=N/Nc1nc2c(c(=O)[nH]c(=O)n2C)n1CCO)c1ccc(O)cc1. The van der Waals surface area contributed by atoms with Crippen molar-refractivity contribution in [2.45, 2.75) is 13.5 Å². The topological polar surface area (TPSA) is 138 Å². The fraction of sp³-hybridized carbons (Fsp3) is 0.250. The molecule has 0 aliphatic heterocycles. The van der Waals surface area contributed by atoms with Gasteiger partial charge in [-0.1, -0.05) is 0 Å². The van der Waals surface area contributed by atoms with Crippen molar-refractivity contribution >= 4 is 22.8 Å². The second-order valence-electron chi connectivity index (χ2n) is 5.66. The number of aromatic nitrogens is 4. The number of anilines is 1. The van der Waals surface area contributed by atoms with Crippen LogP contribution < -0.4 is 16.7 Å². The molecule has 0 saturated carbocycles. The number of aryl methyl sites for hydroxylation is 1. The molecule has 0 spiro atoms. The largest absolute Gasteiger partial charge is 0.508 e. The van der Waals surface area contributed by atoms with Crippen LogP contribution in [0.15, 0.2) is 39.0 Å². The Kier molecular flexibility index (Phi) is 4.59. The Hall–Kier alpha value is -3.40. The molecule has 10 nitrogen and oxygen atoms in total. The van der Waals surface area contributed by atoms with Crippen LogP contribution >= 0.6 is 0 Å². The predicted molar refractivity (Wildman–Crippen MR) is 96.6 cm³/mol. The van der Waals surface area contributed by atoms with Gasteiger partial charge in [-0.2, -0.15) is 10.1 Å².